The summed E-state index contributed by atoms with van der Waals surface area (Å²) in [5, 5.41) is 32.6. The van der Waals surface area contributed by atoms with Crippen molar-refractivity contribution in [3.63, 3.8) is 0 Å². The van der Waals surface area contributed by atoms with Gasteiger partial charge in [-0.3, -0.25) is 4.79 Å². The molecule has 4 rings (SSSR count). The molecule has 0 radical (unpaired) electrons. The van der Waals surface area contributed by atoms with E-state index in [1.165, 1.54) is 42.9 Å². The summed E-state index contributed by atoms with van der Waals surface area (Å²) in [6, 6.07) is 10.3. The quantitative estimate of drug-likeness (QED) is 0.438. The highest BCUT2D eigenvalue weighted by Gasteiger charge is 2.19. The normalized spacial score (nSPS) is 11.0. The molecule has 0 atom stereocenters. The van der Waals surface area contributed by atoms with Gasteiger partial charge in [0.25, 0.3) is 5.91 Å². The monoisotopic (exact) mass is 365 g/mol. The van der Waals surface area contributed by atoms with Crippen LogP contribution in [0.15, 0.2) is 63.8 Å². The minimum Gasteiger partial charge on any atom is -0.508 e. The van der Waals surface area contributed by atoms with E-state index in [1.807, 2.05) is 0 Å². The van der Waals surface area contributed by atoms with E-state index in [1.54, 1.807) is 12.1 Å². The summed E-state index contributed by atoms with van der Waals surface area (Å²) in [4.78, 5) is 12.7. The van der Waals surface area contributed by atoms with Gasteiger partial charge in [0, 0.05) is 23.1 Å². The summed E-state index contributed by atoms with van der Waals surface area (Å²) in [5.41, 5.74) is 1.47. The molecule has 7 nitrogen and oxygen atoms in total. The number of phenols is 3. The van der Waals surface area contributed by atoms with Crippen molar-refractivity contribution in [3.05, 3.63) is 66.3 Å². The average Bonchev–Trinajstić information content (AvgIpc) is 3.27. The molecule has 0 aliphatic rings. The molecule has 4 N–H and O–H groups in total. The van der Waals surface area contributed by atoms with Gasteiger partial charge in [-0.1, -0.05) is 0 Å². The largest absolute Gasteiger partial charge is 0.508 e. The number of carbonyl (C=O) groups excluding carboxylic acids is 1. The van der Waals surface area contributed by atoms with Crippen molar-refractivity contribution < 1.29 is 28.9 Å². The molecule has 2 aromatic carbocycles. The van der Waals surface area contributed by atoms with Gasteiger partial charge in [-0.2, -0.15) is 0 Å². The van der Waals surface area contributed by atoms with Crippen LogP contribution in [0.4, 0.5) is 0 Å². The summed E-state index contributed by atoms with van der Waals surface area (Å²) < 4.78 is 10.7. The molecule has 27 heavy (non-hydrogen) atoms. The molecular weight excluding hydrogens is 350 g/mol. The standard InChI is InChI=1S/C20H15NO6/c22-12-4-11(5-13(23)6-12)17-10-27-18-8-14(24)7-16(19(17)18)20(25)21-9-15-2-1-3-26-15/h1-8,10,22-24H,9H2,(H,21,25). The van der Waals surface area contributed by atoms with Crippen molar-refractivity contribution in [2.24, 2.45) is 0 Å². The Morgan fingerprint density at radius 1 is 0.963 bits per heavy atom. The fourth-order valence-electron chi connectivity index (χ4n) is 2.97. The predicted molar refractivity (Wildman–Crippen MR) is 96.5 cm³/mol. The van der Waals surface area contributed by atoms with Gasteiger partial charge < -0.3 is 29.5 Å². The number of hydrogen-bond acceptors (Lipinski definition) is 6. The molecule has 1 amide bonds. The maximum absolute atomic E-state index is 12.7. The highest BCUT2D eigenvalue weighted by atomic mass is 16.3. The zero-order valence-electron chi connectivity index (χ0n) is 14.0. The van der Waals surface area contributed by atoms with Crippen molar-refractivity contribution in [1.82, 2.24) is 5.32 Å². The molecular formula is C20H15NO6. The molecule has 2 aromatic heterocycles. The molecule has 2 heterocycles. The maximum atomic E-state index is 12.7. The molecule has 136 valence electrons. The van der Waals surface area contributed by atoms with Gasteiger partial charge in [0.15, 0.2) is 0 Å². The maximum Gasteiger partial charge on any atom is 0.252 e. The Hall–Kier alpha value is -3.87. The zero-order chi connectivity index (χ0) is 19.0. The lowest BCUT2D eigenvalue weighted by Gasteiger charge is -2.08. The van der Waals surface area contributed by atoms with E-state index in [0.29, 0.717) is 27.9 Å². The van der Waals surface area contributed by atoms with E-state index >= 15 is 0 Å². The molecule has 0 bridgehead atoms. The second-order valence-corrected chi connectivity index (χ2v) is 6.02. The molecule has 0 aliphatic carbocycles. The number of phenolic OH excluding ortho intramolecular Hbond substituents is 3. The number of fused-ring (bicyclic) bond motifs is 1. The topological polar surface area (TPSA) is 116 Å². The van der Waals surface area contributed by atoms with Crippen molar-refractivity contribution in [2.45, 2.75) is 6.54 Å². The number of hydrogen-bond donors (Lipinski definition) is 4. The van der Waals surface area contributed by atoms with Crippen LogP contribution in [-0.4, -0.2) is 21.2 Å². The first-order valence-corrected chi connectivity index (χ1v) is 8.09. The Morgan fingerprint density at radius 2 is 1.70 bits per heavy atom. The van der Waals surface area contributed by atoms with Crippen molar-refractivity contribution in [2.75, 3.05) is 0 Å². The summed E-state index contributed by atoms with van der Waals surface area (Å²) in [6.45, 7) is 0.184. The van der Waals surface area contributed by atoms with Crippen LogP contribution in [0.3, 0.4) is 0 Å². The molecule has 0 saturated heterocycles. The van der Waals surface area contributed by atoms with E-state index in [2.05, 4.69) is 5.32 Å². The number of benzene rings is 2. The SMILES string of the molecule is O=C(NCc1ccco1)c1cc(O)cc2occ(-c3cc(O)cc(O)c3)c12. The molecule has 4 aromatic rings. The number of furan rings is 2. The van der Waals surface area contributed by atoms with Crippen molar-refractivity contribution >= 4 is 16.9 Å². The summed E-state index contributed by atoms with van der Waals surface area (Å²) in [6.07, 6.45) is 2.91. The summed E-state index contributed by atoms with van der Waals surface area (Å²) >= 11 is 0. The number of carbonyl (C=O) groups is 1. The van der Waals surface area contributed by atoms with Gasteiger partial charge in [0.1, 0.15) is 28.6 Å². The lowest BCUT2D eigenvalue weighted by molar-refractivity contribution is 0.0949. The van der Waals surface area contributed by atoms with Crippen LogP contribution < -0.4 is 5.32 Å². The summed E-state index contributed by atoms with van der Waals surface area (Å²) in [5.74, 6) is -0.210. The first kappa shape index (κ1) is 16.6. The lowest BCUT2D eigenvalue weighted by Crippen LogP contribution is -2.22. The molecule has 0 saturated carbocycles. The minimum absolute atomic E-state index is 0.120. The van der Waals surface area contributed by atoms with Crippen molar-refractivity contribution in [3.8, 4) is 28.4 Å². The number of aromatic hydroxyl groups is 3. The minimum atomic E-state index is -0.431. The Kier molecular flexibility index (Phi) is 3.97. The van der Waals surface area contributed by atoms with Gasteiger partial charge in [0.2, 0.25) is 0 Å². The van der Waals surface area contributed by atoms with E-state index < -0.39 is 5.91 Å². The van der Waals surface area contributed by atoms with Crippen LogP contribution in [0.25, 0.3) is 22.1 Å². The van der Waals surface area contributed by atoms with Gasteiger partial charge >= 0.3 is 0 Å². The zero-order valence-corrected chi connectivity index (χ0v) is 14.0. The van der Waals surface area contributed by atoms with E-state index in [4.69, 9.17) is 8.83 Å². The third-order valence-corrected chi connectivity index (χ3v) is 4.12. The number of nitrogens with one attached hydrogen (secondary N) is 1. The van der Waals surface area contributed by atoms with Gasteiger partial charge in [0.05, 0.1) is 24.6 Å². The molecule has 0 aliphatic heterocycles. The van der Waals surface area contributed by atoms with Gasteiger partial charge in [-0.15, -0.1) is 0 Å². The van der Waals surface area contributed by atoms with Gasteiger partial charge in [-0.05, 0) is 35.9 Å². The first-order chi connectivity index (χ1) is 13.0. The van der Waals surface area contributed by atoms with Crippen LogP contribution in [0.5, 0.6) is 17.2 Å². The highest BCUT2D eigenvalue weighted by Crippen LogP contribution is 2.38. The van der Waals surface area contributed by atoms with Crippen LogP contribution in [0.2, 0.25) is 0 Å². The van der Waals surface area contributed by atoms with E-state index in [0.717, 1.165) is 0 Å². The Bertz CT molecular complexity index is 1110. The van der Waals surface area contributed by atoms with Crippen LogP contribution >= 0.6 is 0 Å². The van der Waals surface area contributed by atoms with Crippen LogP contribution in [0.1, 0.15) is 16.1 Å². The third kappa shape index (κ3) is 3.18. The van der Waals surface area contributed by atoms with Crippen LogP contribution in [-0.2, 0) is 6.54 Å². The molecule has 0 spiro atoms. The van der Waals surface area contributed by atoms with Gasteiger partial charge in [-0.25, -0.2) is 0 Å². The number of rotatable bonds is 4. The molecule has 7 heteroatoms. The second kappa shape index (κ2) is 6.45. The first-order valence-electron chi connectivity index (χ1n) is 8.09. The Morgan fingerprint density at radius 3 is 2.41 bits per heavy atom. The smallest absolute Gasteiger partial charge is 0.252 e. The highest BCUT2D eigenvalue weighted by molar-refractivity contribution is 6.11. The van der Waals surface area contributed by atoms with E-state index in [9.17, 15) is 20.1 Å². The lowest BCUT2D eigenvalue weighted by atomic mass is 9.99. The predicted octanol–water partition coefficient (Wildman–Crippen LogP) is 3.74. The number of amides is 1. The average molecular weight is 365 g/mol. The molecule has 0 fully saturated rings. The summed E-state index contributed by atoms with van der Waals surface area (Å²) in [7, 11) is 0. The van der Waals surface area contributed by atoms with Crippen LogP contribution in [0, 0.1) is 0 Å². The Balaban J connectivity index is 1.79. The fourth-order valence-corrected chi connectivity index (χ4v) is 2.97. The molecule has 0 unspecified atom stereocenters. The van der Waals surface area contributed by atoms with E-state index in [-0.39, 0.29) is 29.4 Å². The van der Waals surface area contributed by atoms with Crippen molar-refractivity contribution in [1.29, 1.82) is 0 Å². The third-order valence-electron chi connectivity index (χ3n) is 4.12. The second-order valence-electron chi connectivity index (χ2n) is 6.02. The fraction of sp³-hybridized carbons (Fsp3) is 0.0500. The Labute approximate surface area is 153 Å².